The molecule has 0 aromatic heterocycles. The van der Waals surface area contributed by atoms with E-state index < -0.39 is 0 Å². The topological polar surface area (TPSA) is 15.3 Å². The number of hydrogen-bond acceptors (Lipinski definition) is 2. The summed E-state index contributed by atoms with van der Waals surface area (Å²) in [5.41, 5.74) is 13.0. The van der Waals surface area contributed by atoms with E-state index in [0.717, 1.165) is 28.4 Å². The van der Waals surface area contributed by atoms with Crippen LogP contribution >= 0.6 is 0 Å². The Morgan fingerprint density at radius 3 is 1.63 bits per heavy atom. The largest absolute Gasteiger partial charge is 0.355 e. The Bertz CT molecular complexity index is 1910. The zero-order chi connectivity index (χ0) is 32.3. The summed E-state index contributed by atoms with van der Waals surface area (Å²) < 4.78 is 0. The Balaban J connectivity index is 1.46. The molecule has 46 heavy (non-hydrogen) atoms. The van der Waals surface area contributed by atoms with Gasteiger partial charge < -0.3 is 10.2 Å². The van der Waals surface area contributed by atoms with Crippen molar-refractivity contribution in [2.45, 2.75) is 52.4 Å². The third-order valence-electron chi connectivity index (χ3n) is 8.58. The zero-order valence-corrected chi connectivity index (χ0v) is 27.9. The Labute approximate surface area is 275 Å². The van der Waals surface area contributed by atoms with Crippen LogP contribution in [0.2, 0.25) is 0 Å². The Hall–Kier alpha value is -5.08. The molecule has 230 valence electrons. The standard InChI is InChI=1S/C44H44N2/c1-43(2,3)34-24-27-37(28-25-34)46(42-23-14-13-22-39(42)32-16-9-7-10-17-32)38-21-15-20-36(31-38)45-41-29-26-35(44(4,5)6)30-40(41)33-18-11-8-12-19-33/h7-31,45H,1-6H3. The number of rotatable bonds is 7. The monoisotopic (exact) mass is 600 g/mol. The minimum atomic E-state index is 0.0527. The van der Waals surface area contributed by atoms with E-state index in [1.807, 2.05) is 0 Å². The van der Waals surface area contributed by atoms with Crippen LogP contribution in [0.3, 0.4) is 0 Å². The van der Waals surface area contributed by atoms with Gasteiger partial charge in [0.2, 0.25) is 0 Å². The molecule has 0 heterocycles. The van der Waals surface area contributed by atoms with Crippen molar-refractivity contribution < 1.29 is 0 Å². The van der Waals surface area contributed by atoms with Crippen LogP contribution in [0, 0.1) is 0 Å². The lowest BCUT2D eigenvalue weighted by atomic mass is 9.85. The second kappa shape index (κ2) is 12.7. The second-order valence-electron chi connectivity index (χ2n) is 14.1. The molecule has 1 N–H and O–H groups in total. The lowest BCUT2D eigenvalue weighted by Crippen LogP contribution is -2.14. The van der Waals surface area contributed by atoms with Gasteiger partial charge in [0.15, 0.2) is 0 Å². The first-order chi connectivity index (χ1) is 22.1. The zero-order valence-electron chi connectivity index (χ0n) is 27.9. The van der Waals surface area contributed by atoms with Gasteiger partial charge in [0.1, 0.15) is 0 Å². The van der Waals surface area contributed by atoms with E-state index in [2.05, 4.69) is 203 Å². The number of para-hydroxylation sites is 1. The summed E-state index contributed by atoms with van der Waals surface area (Å²) in [5, 5.41) is 3.80. The third-order valence-corrected chi connectivity index (χ3v) is 8.58. The highest BCUT2D eigenvalue weighted by atomic mass is 15.1. The normalized spacial score (nSPS) is 11.7. The summed E-state index contributed by atoms with van der Waals surface area (Å²) in [6.45, 7) is 13.6. The SMILES string of the molecule is CC(C)(C)c1ccc(N(c2cccc(Nc3ccc(C(C)(C)C)cc3-c3ccccc3)c2)c2ccccc2-c2ccccc2)cc1. The summed E-state index contributed by atoms with van der Waals surface area (Å²) in [6.07, 6.45) is 0. The van der Waals surface area contributed by atoms with Gasteiger partial charge in [-0.1, -0.05) is 145 Å². The predicted molar refractivity (Wildman–Crippen MR) is 199 cm³/mol. The fourth-order valence-electron chi connectivity index (χ4n) is 5.92. The fraction of sp³-hybridized carbons (Fsp3) is 0.182. The second-order valence-corrected chi connectivity index (χ2v) is 14.1. The van der Waals surface area contributed by atoms with Gasteiger partial charge in [0.25, 0.3) is 0 Å². The molecule has 0 unspecified atom stereocenters. The minimum absolute atomic E-state index is 0.0527. The molecule has 0 aliphatic carbocycles. The van der Waals surface area contributed by atoms with Crippen LogP contribution in [0.4, 0.5) is 28.4 Å². The van der Waals surface area contributed by atoms with Gasteiger partial charge in [-0.15, -0.1) is 0 Å². The van der Waals surface area contributed by atoms with Gasteiger partial charge in [0.05, 0.1) is 5.69 Å². The molecule has 0 amide bonds. The molecule has 6 rings (SSSR count). The van der Waals surface area contributed by atoms with Gasteiger partial charge in [-0.05, 0) is 81.6 Å². The molecule has 0 saturated heterocycles. The van der Waals surface area contributed by atoms with E-state index in [1.165, 1.54) is 33.4 Å². The maximum Gasteiger partial charge on any atom is 0.0540 e. The Morgan fingerprint density at radius 2 is 1.00 bits per heavy atom. The predicted octanol–water partition coefficient (Wildman–Crippen LogP) is 12.8. The molecule has 0 aliphatic heterocycles. The lowest BCUT2D eigenvalue weighted by molar-refractivity contribution is 0.590. The smallest absolute Gasteiger partial charge is 0.0540 e. The lowest BCUT2D eigenvalue weighted by Gasteiger charge is -2.29. The first kappa shape index (κ1) is 30.9. The van der Waals surface area contributed by atoms with Gasteiger partial charge in [0, 0.05) is 33.9 Å². The summed E-state index contributed by atoms with van der Waals surface area (Å²) in [5.74, 6) is 0. The molecule has 0 fully saturated rings. The van der Waals surface area contributed by atoms with Crippen LogP contribution in [0.15, 0.2) is 152 Å². The summed E-state index contributed by atoms with van der Waals surface area (Å²) in [6, 6.07) is 54.6. The van der Waals surface area contributed by atoms with Crippen LogP contribution in [0.1, 0.15) is 52.7 Å². The molecule has 0 spiro atoms. The van der Waals surface area contributed by atoms with Crippen molar-refractivity contribution in [2.24, 2.45) is 0 Å². The van der Waals surface area contributed by atoms with Gasteiger partial charge in [-0.25, -0.2) is 0 Å². The Kier molecular flexibility index (Phi) is 8.56. The van der Waals surface area contributed by atoms with E-state index in [0.29, 0.717) is 0 Å². The highest BCUT2D eigenvalue weighted by Crippen LogP contribution is 2.42. The van der Waals surface area contributed by atoms with Crippen molar-refractivity contribution in [1.82, 2.24) is 0 Å². The quantitative estimate of drug-likeness (QED) is 0.196. The molecule has 6 aromatic rings. The highest BCUT2D eigenvalue weighted by Gasteiger charge is 2.20. The number of nitrogens with one attached hydrogen (secondary N) is 1. The van der Waals surface area contributed by atoms with E-state index in [9.17, 15) is 0 Å². The van der Waals surface area contributed by atoms with Crippen molar-refractivity contribution in [3.63, 3.8) is 0 Å². The van der Waals surface area contributed by atoms with Crippen molar-refractivity contribution in [3.05, 3.63) is 163 Å². The number of anilines is 5. The molecule has 2 nitrogen and oxygen atoms in total. The van der Waals surface area contributed by atoms with Gasteiger partial charge in [-0.2, -0.15) is 0 Å². The maximum atomic E-state index is 3.80. The highest BCUT2D eigenvalue weighted by molar-refractivity contribution is 5.89. The van der Waals surface area contributed by atoms with E-state index in [-0.39, 0.29) is 10.8 Å². The van der Waals surface area contributed by atoms with Gasteiger partial charge in [-0.3, -0.25) is 0 Å². The minimum Gasteiger partial charge on any atom is -0.355 e. The molecule has 0 aliphatic rings. The summed E-state index contributed by atoms with van der Waals surface area (Å²) >= 11 is 0. The summed E-state index contributed by atoms with van der Waals surface area (Å²) in [7, 11) is 0. The first-order valence-electron chi connectivity index (χ1n) is 16.2. The van der Waals surface area contributed by atoms with Crippen molar-refractivity contribution in [1.29, 1.82) is 0 Å². The molecule has 6 aromatic carbocycles. The number of nitrogens with zero attached hydrogens (tertiary/aromatic N) is 1. The van der Waals surface area contributed by atoms with Gasteiger partial charge >= 0.3 is 0 Å². The van der Waals surface area contributed by atoms with Crippen LogP contribution in [0.25, 0.3) is 22.3 Å². The average molecular weight is 601 g/mol. The van der Waals surface area contributed by atoms with Crippen LogP contribution in [0.5, 0.6) is 0 Å². The van der Waals surface area contributed by atoms with Crippen molar-refractivity contribution in [2.75, 3.05) is 10.2 Å². The number of hydrogen-bond donors (Lipinski definition) is 1. The van der Waals surface area contributed by atoms with Crippen molar-refractivity contribution in [3.8, 4) is 22.3 Å². The fourth-order valence-corrected chi connectivity index (χ4v) is 5.92. The molecule has 2 heteroatoms. The van der Waals surface area contributed by atoms with E-state index in [1.54, 1.807) is 0 Å². The molecule has 0 radical (unpaired) electrons. The summed E-state index contributed by atoms with van der Waals surface area (Å²) in [4.78, 5) is 2.38. The molecule has 0 saturated carbocycles. The van der Waals surface area contributed by atoms with E-state index >= 15 is 0 Å². The van der Waals surface area contributed by atoms with E-state index in [4.69, 9.17) is 0 Å². The third kappa shape index (κ3) is 6.77. The van der Waals surface area contributed by atoms with Crippen LogP contribution in [-0.2, 0) is 10.8 Å². The van der Waals surface area contributed by atoms with Crippen LogP contribution in [-0.4, -0.2) is 0 Å². The first-order valence-corrected chi connectivity index (χ1v) is 16.2. The maximum absolute atomic E-state index is 3.80. The molecule has 0 bridgehead atoms. The van der Waals surface area contributed by atoms with Crippen LogP contribution < -0.4 is 10.2 Å². The Morgan fingerprint density at radius 1 is 0.435 bits per heavy atom. The molecular formula is C44H44N2. The van der Waals surface area contributed by atoms with Crippen molar-refractivity contribution >= 4 is 28.4 Å². The average Bonchev–Trinajstić information content (AvgIpc) is 3.06. The molecule has 0 atom stereocenters. The molecular weight excluding hydrogens is 556 g/mol. The number of benzene rings is 6.